The summed E-state index contributed by atoms with van der Waals surface area (Å²) in [4.78, 5) is 26.9. The van der Waals surface area contributed by atoms with Crippen molar-refractivity contribution < 1.29 is 17.9 Å². The number of carbonyl (C=O) groups is 1. The second-order valence-electron chi connectivity index (χ2n) is 11.1. The first-order valence-electron chi connectivity index (χ1n) is 15.2. The van der Waals surface area contributed by atoms with E-state index in [1.165, 1.54) is 28.4 Å². The number of aromatic nitrogens is 2. The van der Waals surface area contributed by atoms with E-state index in [0.717, 1.165) is 15.3 Å². The monoisotopic (exact) mass is 659 g/mol. The topological polar surface area (TPSA) is 115 Å². The standard InChI is InChI=1S/C37H33N5O5S/c1-27-36(37(44)42(40(27)2)32-13-5-3-6-14-32)41(48(45,46)34-15-7-4-8-16-34)25-35(43)39-38-24-28-18-21-33(22-19-28)47-26-29-17-20-30-11-9-10-12-31(30)23-29/h3-24H,25-26H2,1-2H3,(H,39,43)/b38-24-. The van der Waals surface area contributed by atoms with E-state index < -0.39 is 28.0 Å². The zero-order valence-corrected chi connectivity index (χ0v) is 27.2. The minimum atomic E-state index is -4.32. The van der Waals surface area contributed by atoms with Gasteiger partial charge >= 0.3 is 0 Å². The van der Waals surface area contributed by atoms with E-state index >= 15 is 0 Å². The minimum Gasteiger partial charge on any atom is -0.489 e. The van der Waals surface area contributed by atoms with E-state index in [1.807, 2.05) is 24.3 Å². The van der Waals surface area contributed by atoms with Crippen LogP contribution in [0.15, 0.2) is 142 Å². The highest BCUT2D eigenvalue weighted by molar-refractivity contribution is 7.92. The average molecular weight is 660 g/mol. The van der Waals surface area contributed by atoms with Crippen LogP contribution in [-0.2, 0) is 28.5 Å². The van der Waals surface area contributed by atoms with Gasteiger partial charge in [-0.3, -0.25) is 14.3 Å². The van der Waals surface area contributed by atoms with Crippen LogP contribution in [0.1, 0.15) is 16.8 Å². The molecule has 1 heterocycles. The summed E-state index contributed by atoms with van der Waals surface area (Å²) >= 11 is 0. The summed E-state index contributed by atoms with van der Waals surface area (Å²) in [5.74, 6) is -0.0551. The van der Waals surface area contributed by atoms with E-state index in [-0.39, 0.29) is 10.6 Å². The molecule has 6 rings (SSSR count). The van der Waals surface area contributed by atoms with Crippen LogP contribution >= 0.6 is 0 Å². The molecule has 6 aromatic rings. The van der Waals surface area contributed by atoms with Gasteiger partial charge in [0.25, 0.3) is 21.5 Å². The fourth-order valence-electron chi connectivity index (χ4n) is 5.34. The van der Waals surface area contributed by atoms with Gasteiger partial charge < -0.3 is 4.74 Å². The molecule has 0 radical (unpaired) electrons. The maximum Gasteiger partial charge on any atom is 0.296 e. The minimum absolute atomic E-state index is 0.0573. The Morgan fingerprint density at radius 2 is 1.50 bits per heavy atom. The van der Waals surface area contributed by atoms with Gasteiger partial charge in [-0.05, 0) is 83.4 Å². The van der Waals surface area contributed by atoms with Gasteiger partial charge in [-0.25, -0.2) is 22.8 Å². The number of fused-ring (bicyclic) bond motifs is 1. The Bertz CT molecular complexity index is 2260. The number of ether oxygens (including phenoxy) is 1. The number of amides is 1. The highest BCUT2D eigenvalue weighted by Gasteiger charge is 2.33. The quantitative estimate of drug-likeness (QED) is 0.145. The Labute approximate surface area is 278 Å². The number of hydrogen-bond acceptors (Lipinski definition) is 6. The summed E-state index contributed by atoms with van der Waals surface area (Å²) in [5.41, 5.74) is 4.33. The number of anilines is 1. The SMILES string of the molecule is Cc1c(N(CC(=O)N/N=C\c2ccc(OCc3ccc4ccccc4c3)cc2)S(=O)(=O)c2ccccc2)c(=O)n(-c2ccccc2)n1C. The van der Waals surface area contributed by atoms with Gasteiger partial charge in [-0.15, -0.1) is 0 Å². The number of benzene rings is 5. The number of carbonyl (C=O) groups excluding carboxylic acids is 1. The lowest BCUT2D eigenvalue weighted by atomic mass is 10.1. The molecule has 1 N–H and O–H groups in total. The molecular weight excluding hydrogens is 627 g/mol. The molecule has 0 saturated carbocycles. The molecule has 0 aliphatic heterocycles. The maximum absolute atomic E-state index is 13.9. The molecule has 0 fully saturated rings. The third kappa shape index (κ3) is 6.76. The van der Waals surface area contributed by atoms with E-state index in [0.29, 0.717) is 29.3 Å². The van der Waals surface area contributed by atoms with Crippen LogP contribution in [0.25, 0.3) is 16.5 Å². The third-order valence-corrected chi connectivity index (χ3v) is 9.65. The van der Waals surface area contributed by atoms with E-state index in [9.17, 15) is 18.0 Å². The Morgan fingerprint density at radius 1 is 0.854 bits per heavy atom. The Morgan fingerprint density at radius 3 is 2.21 bits per heavy atom. The third-order valence-electron chi connectivity index (χ3n) is 7.89. The number of nitrogens with one attached hydrogen (secondary N) is 1. The lowest BCUT2D eigenvalue weighted by Crippen LogP contribution is -2.42. The predicted molar refractivity (Wildman–Crippen MR) is 187 cm³/mol. The van der Waals surface area contributed by atoms with Gasteiger partial charge in [0.1, 0.15) is 24.6 Å². The highest BCUT2D eigenvalue weighted by Crippen LogP contribution is 2.25. The second-order valence-corrected chi connectivity index (χ2v) is 12.9. The molecule has 0 aliphatic carbocycles. The van der Waals surface area contributed by atoms with Gasteiger partial charge in [0.15, 0.2) is 0 Å². The maximum atomic E-state index is 13.9. The molecule has 5 aromatic carbocycles. The summed E-state index contributed by atoms with van der Waals surface area (Å²) in [6, 6.07) is 38.1. The number of nitrogens with zero attached hydrogens (tertiary/aromatic N) is 4. The second kappa shape index (κ2) is 13.8. The Kier molecular flexibility index (Phi) is 9.22. The van der Waals surface area contributed by atoms with Crippen molar-refractivity contribution in [2.24, 2.45) is 12.1 Å². The summed E-state index contributed by atoms with van der Waals surface area (Å²) in [6.07, 6.45) is 1.44. The van der Waals surface area contributed by atoms with Crippen molar-refractivity contribution in [3.8, 4) is 11.4 Å². The smallest absolute Gasteiger partial charge is 0.296 e. The van der Waals surface area contributed by atoms with Crippen molar-refractivity contribution in [1.29, 1.82) is 0 Å². The van der Waals surface area contributed by atoms with E-state index in [4.69, 9.17) is 4.74 Å². The van der Waals surface area contributed by atoms with Crippen molar-refractivity contribution >= 4 is 38.6 Å². The first-order chi connectivity index (χ1) is 23.2. The molecule has 48 heavy (non-hydrogen) atoms. The number of hydrazone groups is 1. The van der Waals surface area contributed by atoms with Crippen molar-refractivity contribution in [3.05, 3.63) is 155 Å². The normalized spacial score (nSPS) is 11.5. The predicted octanol–water partition coefficient (Wildman–Crippen LogP) is 5.56. The number of hydrogen-bond donors (Lipinski definition) is 1. The first-order valence-corrected chi connectivity index (χ1v) is 16.6. The first kappa shape index (κ1) is 32.0. The van der Waals surface area contributed by atoms with E-state index in [1.54, 1.807) is 85.4 Å². The summed E-state index contributed by atoms with van der Waals surface area (Å²) < 4.78 is 37.5. The number of para-hydroxylation sites is 1. The van der Waals surface area contributed by atoms with Gasteiger partial charge in [0, 0.05) is 7.05 Å². The molecule has 1 amide bonds. The molecule has 0 spiro atoms. The Balaban J connectivity index is 1.17. The van der Waals surface area contributed by atoms with Crippen molar-refractivity contribution in [3.63, 3.8) is 0 Å². The molecule has 0 aliphatic rings. The molecule has 10 nitrogen and oxygen atoms in total. The summed E-state index contributed by atoms with van der Waals surface area (Å²) in [7, 11) is -2.66. The zero-order chi connectivity index (χ0) is 33.7. The van der Waals surface area contributed by atoms with Gasteiger partial charge in [0.2, 0.25) is 0 Å². The molecule has 0 saturated heterocycles. The number of rotatable bonds is 11. The van der Waals surface area contributed by atoms with Crippen molar-refractivity contribution in [2.45, 2.75) is 18.4 Å². The molecule has 0 atom stereocenters. The van der Waals surface area contributed by atoms with Crippen LogP contribution in [-0.4, -0.2) is 36.4 Å². The molecule has 1 aromatic heterocycles. The lowest BCUT2D eigenvalue weighted by Gasteiger charge is -2.22. The van der Waals surface area contributed by atoms with Crippen LogP contribution in [0.3, 0.4) is 0 Å². The zero-order valence-electron chi connectivity index (χ0n) is 26.4. The van der Waals surface area contributed by atoms with E-state index in [2.05, 4.69) is 34.8 Å². The van der Waals surface area contributed by atoms with Crippen LogP contribution in [0.4, 0.5) is 5.69 Å². The highest BCUT2D eigenvalue weighted by atomic mass is 32.2. The molecule has 0 unspecified atom stereocenters. The van der Waals surface area contributed by atoms with Crippen LogP contribution in [0, 0.1) is 6.92 Å². The largest absolute Gasteiger partial charge is 0.489 e. The van der Waals surface area contributed by atoms with Crippen LogP contribution in [0.2, 0.25) is 0 Å². The van der Waals surface area contributed by atoms with Crippen molar-refractivity contribution in [1.82, 2.24) is 14.8 Å². The number of sulfonamides is 1. The van der Waals surface area contributed by atoms with Gasteiger partial charge in [-0.2, -0.15) is 5.10 Å². The van der Waals surface area contributed by atoms with Gasteiger partial charge in [-0.1, -0.05) is 72.8 Å². The molecule has 242 valence electrons. The summed E-state index contributed by atoms with van der Waals surface area (Å²) in [5, 5.41) is 6.35. The van der Waals surface area contributed by atoms with Crippen LogP contribution < -0.4 is 20.0 Å². The van der Waals surface area contributed by atoms with Gasteiger partial charge in [0.05, 0.1) is 22.5 Å². The average Bonchev–Trinajstić information content (AvgIpc) is 3.33. The molecular formula is C37H33N5O5S. The lowest BCUT2D eigenvalue weighted by molar-refractivity contribution is -0.119. The van der Waals surface area contributed by atoms with Crippen LogP contribution in [0.5, 0.6) is 5.75 Å². The fourth-order valence-corrected chi connectivity index (χ4v) is 6.83. The molecule has 11 heteroatoms. The Hall–Kier alpha value is -5.94. The molecule has 0 bridgehead atoms. The fraction of sp³-hybridized carbons (Fsp3) is 0.108. The summed E-state index contributed by atoms with van der Waals surface area (Å²) in [6.45, 7) is 1.37. The van der Waals surface area contributed by atoms with Crippen molar-refractivity contribution in [2.75, 3.05) is 10.8 Å².